The van der Waals surface area contributed by atoms with Crippen molar-refractivity contribution in [1.82, 2.24) is 20.1 Å². The average molecular weight is 316 g/mol. The van der Waals surface area contributed by atoms with Gasteiger partial charge in [-0.3, -0.25) is 14.7 Å². The number of hydrogen-bond acceptors (Lipinski definition) is 4. The second kappa shape index (κ2) is 7.88. The first kappa shape index (κ1) is 16.4. The maximum atomic E-state index is 13.3. The molecule has 23 heavy (non-hydrogen) atoms. The Morgan fingerprint density at radius 2 is 1.87 bits per heavy atom. The first-order valence-electron chi connectivity index (χ1n) is 8.92. The lowest BCUT2D eigenvalue weighted by Gasteiger charge is -2.41. The molecule has 0 radical (unpaired) electrons. The van der Waals surface area contributed by atoms with Crippen molar-refractivity contribution in [3.63, 3.8) is 0 Å². The van der Waals surface area contributed by atoms with E-state index < -0.39 is 0 Å². The van der Waals surface area contributed by atoms with Gasteiger partial charge in [-0.25, -0.2) is 0 Å². The van der Waals surface area contributed by atoms with Crippen LogP contribution in [0.2, 0.25) is 0 Å². The van der Waals surface area contributed by atoms with E-state index in [-0.39, 0.29) is 11.9 Å². The molecule has 1 amide bonds. The molecule has 2 saturated heterocycles. The summed E-state index contributed by atoms with van der Waals surface area (Å²) in [6, 6.07) is 4.18. The Bertz CT molecular complexity index is 499. The predicted molar refractivity (Wildman–Crippen MR) is 91.1 cm³/mol. The van der Waals surface area contributed by atoms with Crippen LogP contribution in [0.15, 0.2) is 24.5 Å². The Hall–Kier alpha value is -1.46. The van der Waals surface area contributed by atoms with Crippen LogP contribution >= 0.6 is 0 Å². The summed E-state index contributed by atoms with van der Waals surface area (Å²) < 4.78 is 0. The van der Waals surface area contributed by atoms with E-state index in [1.165, 1.54) is 12.8 Å². The number of pyridine rings is 1. The Labute approximate surface area is 139 Å². The van der Waals surface area contributed by atoms with Crippen molar-refractivity contribution >= 4 is 5.91 Å². The lowest BCUT2D eigenvalue weighted by atomic mass is 10.0. The number of nitrogens with one attached hydrogen (secondary N) is 1. The molecule has 0 aliphatic carbocycles. The van der Waals surface area contributed by atoms with Crippen molar-refractivity contribution in [3.05, 3.63) is 30.1 Å². The minimum absolute atomic E-state index is 0.173. The van der Waals surface area contributed by atoms with E-state index in [4.69, 9.17) is 0 Å². The molecule has 0 bridgehead atoms. The molecule has 1 aromatic heterocycles. The van der Waals surface area contributed by atoms with Crippen LogP contribution in [0, 0.1) is 0 Å². The van der Waals surface area contributed by atoms with Gasteiger partial charge in [-0.1, -0.05) is 12.8 Å². The van der Waals surface area contributed by atoms with E-state index in [9.17, 15) is 4.79 Å². The third-order valence-electron chi connectivity index (χ3n) is 5.06. The highest BCUT2D eigenvalue weighted by atomic mass is 16.2. The highest BCUT2D eigenvalue weighted by Crippen LogP contribution is 2.27. The summed E-state index contributed by atoms with van der Waals surface area (Å²) >= 11 is 0. The Balaban J connectivity index is 1.86. The van der Waals surface area contributed by atoms with E-state index in [1.807, 2.05) is 12.1 Å². The molecule has 1 aromatic rings. The Kier molecular flexibility index (Phi) is 5.62. The highest BCUT2D eigenvalue weighted by Gasteiger charge is 2.35. The lowest BCUT2D eigenvalue weighted by molar-refractivity contribution is -0.138. The monoisotopic (exact) mass is 316 g/mol. The number of piperazine rings is 1. The first-order chi connectivity index (χ1) is 11.3. The minimum Gasteiger partial charge on any atom is -0.341 e. The second-order valence-corrected chi connectivity index (χ2v) is 6.71. The van der Waals surface area contributed by atoms with Crippen molar-refractivity contribution in [3.8, 4) is 0 Å². The molecule has 0 saturated carbocycles. The summed E-state index contributed by atoms with van der Waals surface area (Å²) in [5.74, 6) is 0.270. The van der Waals surface area contributed by atoms with Gasteiger partial charge in [0.05, 0.1) is 0 Å². The summed E-state index contributed by atoms with van der Waals surface area (Å²) in [7, 11) is 0. The molecule has 3 rings (SSSR count). The van der Waals surface area contributed by atoms with Crippen LogP contribution in [-0.2, 0) is 4.79 Å². The number of amides is 1. The van der Waals surface area contributed by atoms with Crippen molar-refractivity contribution in [2.75, 3.05) is 32.7 Å². The van der Waals surface area contributed by atoms with Crippen molar-refractivity contribution in [1.29, 1.82) is 0 Å². The molecule has 5 nitrogen and oxygen atoms in total. The van der Waals surface area contributed by atoms with Crippen LogP contribution in [0.1, 0.15) is 44.2 Å². The second-order valence-electron chi connectivity index (χ2n) is 6.71. The maximum absolute atomic E-state index is 13.3. The fourth-order valence-corrected chi connectivity index (χ4v) is 3.73. The number of nitrogens with zero attached hydrogens (tertiary/aromatic N) is 3. The third-order valence-corrected chi connectivity index (χ3v) is 5.06. The minimum atomic E-state index is -0.173. The Morgan fingerprint density at radius 3 is 2.52 bits per heavy atom. The molecule has 1 N–H and O–H groups in total. The molecule has 126 valence electrons. The fourth-order valence-electron chi connectivity index (χ4n) is 3.73. The van der Waals surface area contributed by atoms with Gasteiger partial charge in [0.25, 0.3) is 0 Å². The van der Waals surface area contributed by atoms with E-state index >= 15 is 0 Å². The average Bonchev–Trinajstić information content (AvgIpc) is 2.87. The van der Waals surface area contributed by atoms with Crippen molar-refractivity contribution < 1.29 is 4.79 Å². The Morgan fingerprint density at radius 1 is 1.17 bits per heavy atom. The van der Waals surface area contributed by atoms with Crippen LogP contribution in [0.4, 0.5) is 0 Å². The van der Waals surface area contributed by atoms with Crippen LogP contribution in [0.3, 0.4) is 0 Å². The molecule has 2 aliphatic heterocycles. The van der Waals surface area contributed by atoms with Crippen LogP contribution < -0.4 is 5.32 Å². The molecule has 0 spiro atoms. The summed E-state index contributed by atoms with van der Waals surface area (Å²) in [4.78, 5) is 21.9. The van der Waals surface area contributed by atoms with Crippen molar-refractivity contribution in [2.45, 2.75) is 44.7 Å². The summed E-state index contributed by atoms with van der Waals surface area (Å²) in [6.45, 7) is 6.81. The number of rotatable bonds is 3. The zero-order valence-electron chi connectivity index (χ0n) is 14.1. The molecule has 0 aromatic carbocycles. The largest absolute Gasteiger partial charge is 0.341 e. The van der Waals surface area contributed by atoms with Gasteiger partial charge in [0.2, 0.25) is 5.91 Å². The zero-order chi connectivity index (χ0) is 16.1. The molecule has 2 unspecified atom stereocenters. The summed E-state index contributed by atoms with van der Waals surface area (Å²) in [5, 5.41) is 3.42. The number of likely N-dealkylation sites (tertiary alicyclic amines) is 1. The fraction of sp³-hybridized carbons (Fsp3) is 0.667. The molecule has 3 heterocycles. The molecule has 5 heteroatoms. The van der Waals surface area contributed by atoms with Gasteiger partial charge < -0.3 is 10.2 Å². The predicted octanol–water partition coefficient (Wildman–Crippen LogP) is 1.82. The number of aromatic nitrogens is 1. The van der Waals surface area contributed by atoms with Gasteiger partial charge in [-0.2, -0.15) is 0 Å². The molecule has 2 atom stereocenters. The topological polar surface area (TPSA) is 48.5 Å². The number of carbonyl (C=O) groups is 1. The van der Waals surface area contributed by atoms with Gasteiger partial charge in [0.15, 0.2) is 0 Å². The SMILES string of the molecule is CC1CNCCN1C(C(=O)N1CCCCCC1)c1ccncc1. The van der Waals surface area contributed by atoms with E-state index in [2.05, 4.69) is 27.0 Å². The smallest absolute Gasteiger partial charge is 0.244 e. The highest BCUT2D eigenvalue weighted by molar-refractivity contribution is 5.83. The van der Waals surface area contributed by atoms with Gasteiger partial charge in [-0.15, -0.1) is 0 Å². The maximum Gasteiger partial charge on any atom is 0.244 e. The molecular formula is C18H28N4O. The van der Waals surface area contributed by atoms with Gasteiger partial charge in [-0.05, 0) is 37.5 Å². The van der Waals surface area contributed by atoms with E-state index in [1.54, 1.807) is 12.4 Å². The standard InChI is InChI=1S/C18H28N4O/c1-15-14-20-10-13-22(15)17(16-6-8-19-9-7-16)18(23)21-11-4-2-3-5-12-21/h6-9,15,17,20H,2-5,10-14H2,1H3. The van der Waals surface area contributed by atoms with Gasteiger partial charge >= 0.3 is 0 Å². The molecular weight excluding hydrogens is 288 g/mol. The number of hydrogen-bond donors (Lipinski definition) is 1. The van der Waals surface area contributed by atoms with Crippen LogP contribution in [0.25, 0.3) is 0 Å². The molecule has 2 aliphatic rings. The lowest BCUT2D eigenvalue weighted by Crippen LogP contribution is -2.54. The number of carbonyl (C=O) groups excluding carboxylic acids is 1. The molecule has 2 fully saturated rings. The van der Waals surface area contributed by atoms with E-state index in [0.29, 0.717) is 6.04 Å². The first-order valence-corrected chi connectivity index (χ1v) is 8.92. The zero-order valence-corrected chi connectivity index (χ0v) is 14.1. The van der Waals surface area contributed by atoms with Crippen molar-refractivity contribution in [2.24, 2.45) is 0 Å². The third kappa shape index (κ3) is 3.90. The van der Waals surface area contributed by atoms with Crippen LogP contribution in [0.5, 0.6) is 0 Å². The van der Waals surface area contributed by atoms with Gasteiger partial charge in [0.1, 0.15) is 6.04 Å². The summed E-state index contributed by atoms with van der Waals surface area (Å²) in [5.41, 5.74) is 1.07. The quantitative estimate of drug-likeness (QED) is 0.924. The normalized spacial score (nSPS) is 24.9. The summed E-state index contributed by atoms with van der Waals surface area (Å²) in [6.07, 6.45) is 8.34. The van der Waals surface area contributed by atoms with Crippen LogP contribution in [-0.4, -0.2) is 59.5 Å². The van der Waals surface area contributed by atoms with Gasteiger partial charge in [0, 0.05) is 51.2 Å². The van der Waals surface area contributed by atoms with E-state index in [0.717, 1.165) is 51.1 Å².